The molecule has 0 spiro atoms. The monoisotopic (exact) mass is 433 g/mol. The molecular weight excluding hydrogens is 414 g/mol. The third-order valence-corrected chi connectivity index (χ3v) is 6.10. The summed E-state index contributed by atoms with van der Waals surface area (Å²) in [5, 5.41) is 0.517. The highest BCUT2D eigenvalue weighted by atomic mass is 79.9. The zero-order chi connectivity index (χ0) is 19.0. The molecule has 0 atom stereocenters. The fourth-order valence-corrected chi connectivity index (χ4v) is 4.37. The van der Waals surface area contributed by atoms with Crippen molar-refractivity contribution >= 4 is 38.7 Å². The van der Waals surface area contributed by atoms with Crippen LogP contribution in [0.1, 0.15) is 30.9 Å². The summed E-state index contributed by atoms with van der Waals surface area (Å²) in [6.45, 7) is 4.16. The van der Waals surface area contributed by atoms with Crippen LogP contribution in [0.3, 0.4) is 0 Å². The van der Waals surface area contributed by atoms with Gasteiger partial charge >= 0.3 is 5.69 Å². The molecule has 7 heteroatoms. The fourth-order valence-electron chi connectivity index (χ4n) is 2.82. The minimum absolute atomic E-state index is 0.223. The predicted molar refractivity (Wildman–Crippen MR) is 110 cm³/mol. The Bertz CT molecular complexity index is 1090. The molecule has 2 aromatic heterocycles. The summed E-state index contributed by atoms with van der Waals surface area (Å²) < 4.78 is 3.62. The molecule has 0 unspecified atom stereocenters. The average molecular weight is 434 g/mol. The van der Waals surface area contributed by atoms with Crippen LogP contribution in [0.2, 0.25) is 0 Å². The van der Waals surface area contributed by atoms with Crippen LogP contribution in [0.5, 0.6) is 0 Å². The third kappa shape index (κ3) is 3.38. The Morgan fingerprint density at radius 2 is 1.77 bits per heavy atom. The fraction of sp³-hybridized carbons (Fsp3) is 0.316. The van der Waals surface area contributed by atoms with Crippen LogP contribution in [0.4, 0.5) is 0 Å². The Balaban J connectivity index is 2.20. The van der Waals surface area contributed by atoms with Crippen molar-refractivity contribution in [2.45, 2.75) is 30.4 Å². The zero-order valence-corrected chi connectivity index (χ0v) is 17.5. The SMILES string of the molecule is CC(C)c1cnc2c(c1SCc1ccc(Br)cc1)c(=O)n(C)c(=O)n2C. The highest BCUT2D eigenvalue weighted by Crippen LogP contribution is 2.34. The molecule has 0 fully saturated rings. The van der Waals surface area contributed by atoms with Crippen molar-refractivity contribution in [1.82, 2.24) is 14.1 Å². The topological polar surface area (TPSA) is 56.9 Å². The van der Waals surface area contributed by atoms with Crippen molar-refractivity contribution in [3.8, 4) is 0 Å². The van der Waals surface area contributed by atoms with Gasteiger partial charge in [-0.05, 0) is 29.2 Å². The first kappa shape index (κ1) is 18.9. The van der Waals surface area contributed by atoms with Crippen LogP contribution >= 0.6 is 27.7 Å². The summed E-state index contributed by atoms with van der Waals surface area (Å²) in [5.74, 6) is 0.958. The molecular formula is C19H20BrN3O2S. The summed E-state index contributed by atoms with van der Waals surface area (Å²) >= 11 is 5.06. The lowest BCUT2D eigenvalue weighted by Crippen LogP contribution is -2.37. The van der Waals surface area contributed by atoms with Gasteiger partial charge < -0.3 is 0 Å². The summed E-state index contributed by atoms with van der Waals surface area (Å²) in [6.07, 6.45) is 1.79. The first-order chi connectivity index (χ1) is 12.3. The number of benzene rings is 1. The van der Waals surface area contributed by atoms with Crippen LogP contribution in [0.25, 0.3) is 11.0 Å². The molecule has 5 nitrogen and oxygen atoms in total. The van der Waals surface area contributed by atoms with Gasteiger partial charge in [0.1, 0.15) is 5.65 Å². The Labute approximate surface area is 164 Å². The Kier molecular flexibility index (Phi) is 5.39. The number of aromatic nitrogens is 3. The standard InChI is InChI=1S/C19H20BrN3O2S/c1-11(2)14-9-21-17-15(18(24)23(4)19(25)22(17)3)16(14)26-10-12-5-7-13(20)8-6-12/h5-9,11H,10H2,1-4H3. The lowest BCUT2D eigenvalue weighted by molar-refractivity contribution is 0.703. The van der Waals surface area contributed by atoms with E-state index >= 15 is 0 Å². The Morgan fingerprint density at radius 3 is 2.38 bits per heavy atom. The first-order valence-electron chi connectivity index (χ1n) is 8.27. The van der Waals surface area contributed by atoms with Gasteiger partial charge in [-0.3, -0.25) is 13.9 Å². The highest BCUT2D eigenvalue weighted by Gasteiger charge is 2.19. The second-order valence-electron chi connectivity index (χ2n) is 6.52. The first-order valence-corrected chi connectivity index (χ1v) is 10.0. The molecule has 0 aliphatic rings. The number of thioether (sulfide) groups is 1. The predicted octanol–water partition coefficient (Wildman–Crippen LogP) is 3.81. The maximum atomic E-state index is 12.8. The van der Waals surface area contributed by atoms with E-state index in [1.807, 2.05) is 12.1 Å². The molecule has 0 bridgehead atoms. The number of fused-ring (bicyclic) bond motifs is 1. The van der Waals surface area contributed by atoms with Crippen molar-refractivity contribution in [2.75, 3.05) is 0 Å². The van der Waals surface area contributed by atoms with Crippen molar-refractivity contribution < 1.29 is 0 Å². The molecule has 0 saturated heterocycles. The van der Waals surface area contributed by atoms with E-state index in [-0.39, 0.29) is 17.2 Å². The van der Waals surface area contributed by atoms with E-state index in [0.29, 0.717) is 11.0 Å². The van der Waals surface area contributed by atoms with E-state index in [1.165, 1.54) is 17.2 Å². The van der Waals surface area contributed by atoms with E-state index in [9.17, 15) is 9.59 Å². The minimum Gasteiger partial charge on any atom is -0.280 e. The number of rotatable bonds is 4. The molecule has 0 amide bonds. The van der Waals surface area contributed by atoms with E-state index in [0.717, 1.165) is 25.3 Å². The molecule has 1 aromatic carbocycles. The van der Waals surface area contributed by atoms with Gasteiger partial charge in [0, 0.05) is 35.4 Å². The molecule has 0 aliphatic carbocycles. The second-order valence-corrected chi connectivity index (χ2v) is 8.42. The molecule has 0 saturated carbocycles. The van der Waals surface area contributed by atoms with Gasteiger partial charge in [-0.15, -0.1) is 11.8 Å². The van der Waals surface area contributed by atoms with E-state index in [2.05, 4.69) is 46.9 Å². The van der Waals surface area contributed by atoms with Gasteiger partial charge in [-0.25, -0.2) is 9.78 Å². The van der Waals surface area contributed by atoms with Crippen LogP contribution in [0.15, 0.2) is 49.4 Å². The number of aryl methyl sites for hydroxylation is 1. The molecule has 3 aromatic rings. The molecule has 136 valence electrons. The summed E-state index contributed by atoms with van der Waals surface area (Å²) in [5.41, 5.74) is 1.96. The van der Waals surface area contributed by atoms with Gasteiger partial charge in [-0.2, -0.15) is 0 Å². The summed E-state index contributed by atoms with van der Waals surface area (Å²) in [7, 11) is 3.16. The smallest absolute Gasteiger partial charge is 0.280 e. The van der Waals surface area contributed by atoms with E-state index < -0.39 is 0 Å². The lowest BCUT2D eigenvalue weighted by Gasteiger charge is -2.16. The number of hydrogen-bond acceptors (Lipinski definition) is 4. The quantitative estimate of drug-likeness (QED) is 0.586. The Hall–Kier alpha value is -1.86. The van der Waals surface area contributed by atoms with Gasteiger partial charge in [0.15, 0.2) is 0 Å². The molecule has 0 aliphatic heterocycles. The normalized spacial score (nSPS) is 11.5. The average Bonchev–Trinajstić information content (AvgIpc) is 2.63. The minimum atomic E-state index is -0.365. The van der Waals surface area contributed by atoms with Crippen LogP contribution in [0, 0.1) is 0 Å². The molecule has 0 N–H and O–H groups in total. The summed E-state index contributed by atoms with van der Waals surface area (Å²) in [4.78, 5) is 30.4. The van der Waals surface area contributed by atoms with E-state index in [4.69, 9.17) is 0 Å². The summed E-state index contributed by atoms with van der Waals surface area (Å²) in [6, 6.07) is 8.13. The second kappa shape index (κ2) is 7.40. The van der Waals surface area contributed by atoms with Crippen molar-refractivity contribution in [1.29, 1.82) is 0 Å². The van der Waals surface area contributed by atoms with Crippen LogP contribution in [-0.4, -0.2) is 14.1 Å². The van der Waals surface area contributed by atoms with Crippen molar-refractivity contribution in [2.24, 2.45) is 14.1 Å². The van der Waals surface area contributed by atoms with Crippen molar-refractivity contribution in [3.05, 3.63) is 66.9 Å². The maximum Gasteiger partial charge on any atom is 0.332 e. The number of halogens is 1. The largest absolute Gasteiger partial charge is 0.332 e. The number of pyridine rings is 1. The molecule has 3 rings (SSSR count). The molecule has 2 heterocycles. The third-order valence-electron chi connectivity index (χ3n) is 4.37. The van der Waals surface area contributed by atoms with Gasteiger partial charge in [0.05, 0.1) is 5.39 Å². The van der Waals surface area contributed by atoms with Crippen LogP contribution in [-0.2, 0) is 19.8 Å². The van der Waals surface area contributed by atoms with Gasteiger partial charge in [-0.1, -0.05) is 41.9 Å². The Morgan fingerprint density at radius 1 is 1.12 bits per heavy atom. The zero-order valence-electron chi connectivity index (χ0n) is 15.1. The van der Waals surface area contributed by atoms with Gasteiger partial charge in [0.2, 0.25) is 0 Å². The number of nitrogens with zero attached hydrogens (tertiary/aromatic N) is 3. The molecule has 26 heavy (non-hydrogen) atoms. The van der Waals surface area contributed by atoms with Crippen molar-refractivity contribution in [3.63, 3.8) is 0 Å². The van der Waals surface area contributed by atoms with Gasteiger partial charge in [0.25, 0.3) is 5.56 Å². The maximum absolute atomic E-state index is 12.8. The molecule has 0 radical (unpaired) electrons. The van der Waals surface area contributed by atoms with E-state index in [1.54, 1.807) is 25.0 Å². The van der Waals surface area contributed by atoms with Crippen LogP contribution < -0.4 is 11.2 Å². The highest BCUT2D eigenvalue weighted by molar-refractivity contribution is 9.10. The number of hydrogen-bond donors (Lipinski definition) is 0. The lowest BCUT2D eigenvalue weighted by atomic mass is 10.0.